The van der Waals surface area contributed by atoms with Crippen molar-refractivity contribution in [3.05, 3.63) is 101 Å². The second-order valence-electron chi connectivity index (χ2n) is 9.67. The van der Waals surface area contributed by atoms with Gasteiger partial charge in [0.2, 0.25) is 21.8 Å². The first-order valence-corrected chi connectivity index (χ1v) is 14.6. The van der Waals surface area contributed by atoms with Gasteiger partial charge in [-0.25, -0.2) is 8.42 Å². The highest BCUT2D eigenvalue weighted by Gasteiger charge is 2.33. The third-order valence-corrected chi connectivity index (χ3v) is 7.48. The molecule has 1 atom stereocenters. The van der Waals surface area contributed by atoms with Gasteiger partial charge in [-0.2, -0.15) is 0 Å². The van der Waals surface area contributed by atoms with Crippen LogP contribution in [0.25, 0.3) is 0 Å². The van der Waals surface area contributed by atoms with Gasteiger partial charge in [0.05, 0.1) is 11.9 Å². The van der Waals surface area contributed by atoms with Crippen molar-refractivity contribution in [2.24, 2.45) is 0 Å². The number of benzene rings is 3. The number of hydrogen-bond donors (Lipinski definition) is 1. The Morgan fingerprint density at radius 2 is 1.53 bits per heavy atom. The quantitative estimate of drug-likeness (QED) is 0.400. The van der Waals surface area contributed by atoms with Gasteiger partial charge in [0.15, 0.2) is 0 Å². The molecule has 0 bridgehead atoms. The summed E-state index contributed by atoms with van der Waals surface area (Å²) in [5.41, 5.74) is 4.97. The first-order chi connectivity index (χ1) is 18.0. The normalized spacial score (nSPS) is 12.0. The molecule has 0 saturated heterocycles. The van der Waals surface area contributed by atoms with Crippen molar-refractivity contribution in [1.29, 1.82) is 0 Å². The number of hydrogen-bond acceptors (Lipinski definition) is 4. The van der Waals surface area contributed by atoms with E-state index in [1.54, 1.807) is 6.07 Å². The summed E-state index contributed by atoms with van der Waals surface area (Å²) in [5, 5.41) is 2.86. The summed E-state index contributed by atoms with van der Waals surface area (Å²) < 4.78 is 26.9. The molecule has 2 amide bonds. The van der Waals surface area contributed by atoms with Crippen molar-refractivity contribution >= 4 is 27.5 Å². The fraction of sp³-hybridized carbons (Fsp3) is 0.333. The molecule has 3 aromatic carbocycles. The Bertz CT molecular complexity index is 1370. The summed E-state index contributed by atoms with van der Waals surface area (Å²) in [6.07, 6.45) is 1.39. The van der Waals surface area contributed by atoms with E-state index in [0.717, 1.165) is 38.4 Å². The first kappa shape index (κ1) is 28.9. The van der Waals surface area contributed by atoms with Crippen LogP contribution in [0, 0.1) is 20.8 Å². The number of likely N-dealkylation sites (N-methyl/N-ethyl adjacent to an activating group) is 1. The minimum Gasteiger partial charge on any atom is -0.355 e. The minimum atomic E-state index is -3.79. The van der Waals surface area contributed by atoms with Crippen molar-refractivity contribution in [3.63, 3.8) is 0 Å². The van der Waals surface area contributed by atoms with Gasteiger partial charge in [-0.1, -0.05) is 77.9 Å². The van der Waals surface area contributed by atoms with Gasteiger partial charge in [-0.05, 0) is 50.5 Å². The molecule has 0 spiro atoms. The Labute approximate surface area is 226 Å². The molecule has 3 aromatic rings. The molecular formula is C30H37N3O4S. The highest BCUT2D eigenvalue weighted by Crippen LogP contribution is 2.25. The van der Waals surface area contributed by atoms with Crippen LogP contribution in [0.2, 0.25) is 0 Å². The Balaban J connectivity index is 2.06. The van der Waals surface area contributed by atoms with E-state index >= 15 is 0 Å². The molecule has 0 aliphatic rings. The topological polar surface area (TPSA) is 86.8 Å². The average molecular weight is 536 g/mol. The van der Waals surface area contributed by atoms with E-state index in [1.807, 2.05) is 94.4 Å². The van der Waals surface area contributed by atoms with Crippen LogP contribution < -0.4 is 9.62 Å². The van der Waals surface area contributed by atoms with Crippen molar-refractivity contribution in [1.82, 2.24) is 10.2 Å². The van der Waals surface area contributed by atoms with E-state index in [-0.39, 0.29) is 12.5 Å². The van der Waals surface area contributed by atoms with Gasteiger partial charge < -0.3 is 10.2 Å². The third-order valence-electron chi connectivity index (χ3n) is 6.36. The van der Waals surface area contributed by atoms with Gasteiger partial charge in [0.1, 0.15) is 12.6 Å². The zero-order valence-corrected chi connectivity index (χ0v) is 23.6. The Morgan fingerprint density at radius 3 is 2.13 bits per heavy atom. The van der Waals surface area contributed by atoms with Gasteiger partial charge in [-0.15, -0.1) is 0 Å². The molecule has 0 fully saturated rings. The molecule has 7 nitrogen and oxygen atoms in total. The Kier molecular flexibility index (Phi) is 9.69. The summed E-state index contributed by atoms with van der Waals surface area (Å²) >= 11 is 0. The van der Waals surface area contributed by atoms with E-state index in [1.165, 1.54) is 4.90 Å². The largest absolute Gasteiger partial charge is 0.355 e. The number of aryl methyl sites for hydroxylation is 3. The third kappa shape index (κ3) is 7.68. The Hall–Kier alpha value is -3.65. The van der Waals surface area contributed by atoms with Gasteiger partial charge in [-0.3, -0.25) is 13.9 Å². The maximum atomic E-state index is 14.0. The number of nitrogens with zero attached hydrogens (tertiary/aromatic N) is 2. The lowest BCUT2D eigenvalue weighted by Gasteiger charge is -2.33. The molecular weight excluding hydrogens is 498 g/mol. The van der Waals surface area contributed by atoms with Crippen LogP contribution >= 0.6 is 0 Å². The molecule has 38 heavy (non-hydrogen) atoms. The van der Waals surface area contributed by atoms with E-state index in [0.29, 0.717) is 18.7 Å². The zero-order chi connectivity index (χ0) is 27.9. The fourth-order valence-electron chi connectivity index (χ4n) is 4.53. The highest BCUT2D eigenvalue weighted by molar-refractivity contribution is 7.92. The molecule has 3 rings (SSSR count). The molecule has 0 unspecified atom stereocenters. The monoisotopic (exact) mass is 535 g/mol. The predicted molar refractivity (Wildman–Crippen MR) is 152 cm³/mol. The standard InChI is InChI=1S/C30H37N3O4S/c1-6-31-30(35)28(19-25-12-8-7-9-13-25)32(20-26-14-10-11-22(2)18-26)29(34)21-33(38(5,36)37)27-16-15-23(3)17-24(27)4/h7-18,28H,6,19-21H2,1-5H3,(H,31,35)/t28-/m0/s1. The molecule has 0 radical (unpaired) electrons. The number of sulfonamides is 1. The molecule has 0 aliphatic carbocycles. The molecule has 0 saturated carbocycles. The average Bonchev–Trinajstić information content (AvgIpc) is 2.85. The Morgan fingerprint density at radius 1 is 0.868 bits per heavy atom. The second kappa shape index (κ2) is 12.7. The van der Waals surface area contributed by atoms with Crippen molar-refractivity contribution in [2.45, 2.75) is 46.7 Å². The van der Waals surface area contributed by atoms with Crippen LogP contribution in [-0.2, 0) is 32.6 Å². The second-order valence-corrected chi connectivity index (χ2v) is 11.6. The predicted octanol–water partition coefficient (Wildman–Crippen LogP) is 4.15. The van der Waals surface area contributed by atoms with Gasteiger partial charge >= 0.3 is 0 Å². The lowest BCUT2D eigenvalue weighted by Crippen LogP contribution is -2.53. The van der Waals surface area contributed by atoms with Crippen LogP contribution in [0.15, 0.2) is 72.8 Å². The minimum absolute atomic E-state index is 0.166. The summed E-state index contributed by atoms with van der Waals surface area (Å²) in [4.78, 5) is 28.9. The van der Waals surface area contributed by atoms with Crippen LogP contribution in [0.1, 0.15) is 34.7 Å². The number of carbonyl (C=O) groups excluding carboxylic acids is 2. The van der Waals surface area contributed by atoms with Gasteiger partial charge in [0.25, 0.3) is 0 Å². The molecule has 1 N–H and O–H groups in total. The summed E-state index contributed by atoms with van der Waals surface area (Å²) in [5.74, 6) is -0.737. The number of nitrogens with one attached hydrogen (secondary N) is 1. The van der Waals surface area contributed by atoms with Crippen molar-refractivity contribution in [2.75, 3.05) is 23.7 Å². The smallest absolute Gasteiger partial charge is 0.244 e. The van der Waals surface area contributed by atoms with E-state index in [2.05, 4.69) is 5.32 Å². The summed E-state index contributed by atoms with van der Waals surface area (Å²) in [6, 6.07) is 21.9. The van der Waals surface area contributed by atoms with Crippen LogP contribution in [0.4, 0.5) is 5.69 Å². The van der Waals surface area contributed by atoms with E-state index in [9.17, 15) is 18.0 Å². The van der Waals surface area contributed by atoms with Gasteiger partial charge in [0, 0.05) is 19.5 Å². The van der Waals surface area contributed by atoms with Crippen molar-refractivity contribution in [3.8, 4) is 0 Å². The SMILES string of the molecule is CCNC(=O)[C@H](Cc1ccccc1)N(Cc1cccc(C)c1)C(=O)CN(c1ccc(C)cc1C)S(C)(=O)=O. The van der Waals surface area contributed by atoms with Crippen LogP contribution in [0.3, 0.4) is 0 Å². The number of anilines is 1. The zero-order valence-electron chi connectivity index (χ0n) is 22.8. The molecule has 0 heterocycles. The van der Waals surface area contributed by atoms with Crippen LogP contribution in [-0.4, -0.2) is 50.5 Å². The lowest BCUT2D eigenvalue weighted by atomic mass is 10.0. The lowest BCUT2D eigenvalue weighted by molar-refractivity contribution is -0.140. The molecule has 202 valence electrons. The maximum Gasteiger partial charge on any atom is 0.244 e. The highest BCUT2D eigenvalue weighted by atomic mass is 32.2. The van der Waals surface area contributed by atoms with E-state index < -0.39 is 28.5 Å². The van der Waals surface area contributed by atoms with E-state index in [4.69, 9.17) is 0 Å². The summed E-state index contributed by atoms with van der Waals surface area (Å²) in [7, 11) is -3.79. The molecule has 0 aliphatic heterocycles. The maximum absolute atomic E-state index is 14.0. The number of carbonyl (C=O) groups is 2. The van der Waals surface area contributed by atoms with Crippen LogP contribution in [0.5, 0.6) is 0 Å². The summed E-state index contributed by atoms with van der Waals surface area (Å²) in [6.45, 7) is 7.70. The number of rotatable bonds is 11. The van der Waals surface area contributed by atoms with Crippen molar-refractivity contribution < 1.29 is 18.0 Å². The number of amides is 2. The molecule has 8 heteroatoms. The fourth-order valence-corrected chi connectivity index (χ4v) is 5.44. The first-order valence-electron chi connectivity index (χ1n) is 12.7. The molecule has 0 aromatic heterocycles.